The van der Waals surface area contributed by atoms with Crippen molar-refractivity contribution in [2.75, 3.05) is 31.2 Å². The lowest BCUT2D eigenvalue weighted by Crippen LogP contribution is -2.39. The minimum atomic E-state index is -0.468. The first-order valence-electron chi connectivity index (χ1n) is 7.98. The van der Waals surface area contributed by atoms with Crippen LogP contribution in [0.2, 0.25) is 0 Å². The Balaban J connectivity index is 1.87. The first-order chi connectivity index (χ1) is 11.1. The summed E-state index contributed by atoms with van der Waals surface area (Å²) in [7, 11) is 0. The maximum absolute atomic E-state index is 12.6. The number of hydrogen-bond acceptors (Lipinski definition) is 5. The highest BCUT2D eigenvalue weighted by molar-refractivity contribution is 6.00. The van der Waals surface area contributed by atoms with Gasteiger partial charge in [-0.05, 0) is 31.7 Å². The second kappa shape index (κ2) is 6.54. The number of nitro benzene ring substituents is 1. The molecule has 7 heteroatoms. The molecule has 1 heterocycles. The van der Waals surface area contributed by atoms with Crippen molar-refractivity contribution in [3.05, 3.63) is 33.9 Å². The van der Waals surface area contributed by atoms with E-state index in [4.69, 9.17) is 4.74 Å². The van der Waals surface area contributed by atoms with Crippen LogP contribution in [0.4, 0.5) is 11.4 Å². The Morgan fingerprint density at radius 2 is 2.09 bits per heavy atom. The zero-order valence-corrected chi connectivity index (χ0v) is 13.2. The van der Waals surface area contributed by atoms with Gasteiger partial charge < -0.3 is 15.0 Å². The van der Waals surface area contributed by atoms with E-state index in [2.05, 4.69) is 5.32 Å². The number of anilines is 1. The second-order valence-electron chi connectivity index (χ2n) is 6.16. The minimum Gasteiger partial charge on any atom is -0.378 e. The van der Waals surface area contributed by atoms with Gasteiger partial charge in [-0.25, -0.2) is 0 Å². The van der Waals surface area contributed by atoms with E-state index in [9.17, 15) is 14.9 Å². The number of nitrogens with one attached hydrogen (secondary N) is 1. The van der Waals surface area contributed by atoms with Gasteiger partial charge in [0.05, 0.1) is 29.4 Å². The number of rotatable bonds is 5. The van der Waals surface area contributed by atoms with Gasteiger partial charge in [-0.2, -0.15) is 0 Å². The van der Waals surface area contributed by atoms with Crippen molar-refractivity contribution in [3.8, 4) is 0 Å². The van der Waals surface area contributed by atoms with Crippen molar-refractivity contribution in [3.63, 3.8) is 0 Å². The zero-order chi connectivity index (χ0) is 16.4. The smallest absolute Gasteiger partial charge is 0.270 e. The number of nitro groups is 1. The van der Waals surface area contributed by atoms with Gasteiger partial charge in [-0.1, -0.05) is 0 Å². The summed E-state index contributed by atoms with van der Waals surface area (Å²) in [4.78, 5) is 25.3. The lowest BCUT2D eigenvalue weighted by Gasteiger charge is -2.30. The number of non-ortho nitro benzene ring substituents is 1. The quantitative estimate of drug-likeness (QED) is 0.662. The number of amides is 1. The van der Waals surface area contributed by atoms with E-state index in [-0.39, 0.29) is 17.6 Å². The number of carbonyl (C=O) groups excluding carboxylic acids is 1. The van der Waals surface area contributed by atoms with Crippen LogP contribution in [-0.2, 0) is 4.74 Å². The van der Waals surface area contributed by atoms with E-state index >= 15 is 0 Å². The fraction of sp³-hybridized carbons (Fsp3) is 0.562. The third-order valence-corrected chi connectivity index (χ3v) is 4.48. The Morgan fingerprint density at radius 1 is 1.39 bits per heavy atom. The highest BCUT2D eigenvalue weighted by Gasteiger charge is 2.30. The Hall–Kier alpha value is -2.15. The molecule has 23 heavy (non-hydrogen) atoms. The lowest BCUT2D eigenvalue weighted by atomic mass is 10.1. The Kier molecular flexibility index (Phi) is 4.47. The summed E-state index contributed by atoms with van der Waals surface area (Å²) in [5.74, 6) is 0.291. The molecular formula is C16H21N3O4. The van der Waals surface area contributed by atoms with Gasteiger partial charge in [0, 0.05) is 31.3 Å². The number of ether oxygens (including phenoxy) is 1. The van der Waals surface area contributed by atoms with Crippen LogP contribution in [0.3, 0.4) is 0 Å². The topological polar surface area (TPSA) is 84.7 Å². The van der Waals surface area contributed by atoms with Gasteiger partial charge in [0.1, 0.15) is 0 Å². The number of morpholine rings is 1. The molecule has 0 radical (unpaired) electrons. The molecular weight excluding hydrogens is 298 g/mol. The maximum atomic E-state index is 12.6. The van der Waals surface area contributed by atoms with Crippen molar-refractivity contribution in [1.29, 1.82) is 0 Å². The monoisotopic (exact) mass is 319 g/mol. The molecule has 1 amide bonds. The van der Waals surface area contributed by atoms with Crippen molar-refractivity contribution in [1.82, 2.24) is 5.32 Å². The van der Waals surface area contributed by atoms with Crippen molar-refractivity contribution in [2.24, 2.45) is 5.92 Å². The van der Waals surface area contributed by atoms with Gasteiger partial charge >= 0.3 is 0 Å². The number of carbonyl (C=O) groups is 1. The predicted molar refractivity (Wildman–Crippen MR) is 85.8 cm³/mol. The summed E-state index contributed by atoms with van der Waals surface area (Å²) in [5.41, 5.74) is 1.04. The van der Waals surface area contributed by atoms with Crippen LogP contribution in [-0.4, -0.2) is 43.2 Å². The van der Waals surface area contributed by atoms with Crippen molar-refractivity contribution < 1.29 is 14.5 Å². The van der Waals surface area contributed by atoms with Gasteiger partial charge in [0.2, 0.25) is 0 Å². The first kappa shape index (κ1) is 15.7. The Labute approximate surface area is 134 Å². The molecule has 1 atom stereocenters. The minimum absolute atomic E-state index is 0.0637. The molecule has 0 spiro atoms. The molecule has 1 aromatic carbocycles. The highest BCUT2D eigenvalue weighted by atomic mass is 16.6. The summed E-state index contributed by atoms with van der Waals surface area (Å²) < 4.78 is 5.34. The molecule has 1 aliphatic heterocycles. The highest BCUT2D eigenvalue weighted by Crippen LogP contribution is 2.33. The molecule has 0 aromatic heterocycles. The van der Waals surface area contributed by atoms with Gasteiger partial charge in [0.15, 0.2) is 0 Å². The molecule has 2 aliphatic rings. The van der Waals surface area contributed by atoms with E-state index in [0.717, 1.165) is 18.5 Å². The van der Waals surface area contributed by atoms with Gasteiger partial charge in [0.25, 0.3) is 11.6 Å². The maximum Gasteiger partial charge on any atom is 0.270 e. The SMILES string of the molecule is CC(NC(=O)c1cc([N+](=O)[O-])ccc1N1CCOCC1)C1CC1. The number of nitrogens with zero attached hydrogens (tertiary/aromatic N) is 2. The molecule has 1 N–H and O–H groups in total. The Bertz CT molecular complexity index is 609. The van der Waals surface area contributed by atoms with Crippen molar-refractivity contribution in [2.45, 2.75) is 25.8 Å². The van der Waals surface area contributed by atoms with E-state index in [0.29, 0.717) is 37.8 Å². The zero-order valence-electron chi connectivity index (χ0n) is 13.2. The second-order valence-corrected chi connectivity index (χ2v) is 6.16. The van der Waals surface area contributed by atoms with E-state index in [1.807, 2.05) is 11.8 Å². The lowest BCUT2D eigenvalue weighted by molar-refractivity contribution is -0.384. The summed E-state index contributed by atoms with van der Waals surface area (Å²) in [6.07, 6.45) is 2.26. The first-order valence-corrected chi connectivity index (χ1v) is 7.98. The molecule has 124 valence electrons. The van der Waals surface area contributed by atoms with Crippen LogP contribution in [0, 0.1) is 16.0 Å². The van der Waals surface area contributed by atoms with Gasteiger partial charge in [-0.15, -0.1) is 0 Å². The predicted octanol–water partition coefficient (Wildman–Crippen LogP) is 1.96. The van der Waals surface area contributed by atoms with Crippen LogP contribution in [0.25, 0.3) is 0 Å². The summed E-state index contributed by atoms with van der Waals surface area (Å²) in [6.45, 7) is 4.53. The third kappa shape index (κ3) is 3.61. The molecule has 1 saturated carbocycles. The molecule has 2 fully saturated rings. The molecule has 0 bridgehead atoms. The Morgan fingerprint density at radius 3 is 2.70 bits per heavy atom. The largest absolute Gasteiger partial charge is 0.378 e. The number of hydrogen-bond donors (Lipinski definition) is 1. The van der Waals surface area contributed by atoms with E-state index in [1.165, 1.54) is 12.1 Å². The van der Waals surface area contributed by atoms with Crippen LogP contribution in [0.15, 0.2) is 18.2 Å². The normalized spacial score (nSPS) is 19.3. The average molecular weight is 319 g/mol. The average Bonchev–Trinajstić information content (AvgIpc) is 3.40. The molecule has 1 aliphatic carbocycles. The van der Waals surface area contributed by atoms with Crippen molar-refractivity contribution >= 4 is 17.3 Å². The molecule has 3 rings (SSSR count). The van der Waals surface area contributed by atoms with Gasteiger partial charge in [-0.3, -0.25) is 14.9 Å². The molecule has 1 saturated heterocycles. The number of benzene rings is 1. The van der Waals surface area contributed by atoms with Crippen LogP contribution in [0.5, 0.6) is 0 Å². The summed E-state index contributed by atoms with van der Waals surface area (Å²) in [5, 5.41) is 14.0. The van der Waals surface area contributed by atoms with Crippen LogP contribution >= 0.6 is 0 Å². The van der Waals surface area contributed by atoms with Crippen LogP contribution in [0.1, 0.15) is 30.1 Å². The van der Waals surface area contributed by atoms with E-state index < -0.39 is 4.92 Å². The molecule has 1 unspecified atom stereocenters. The standard InChI is InChI=1S/C16H21N3O4/c1-11(12-2-3-12)17-16(20)14-10-13(19(21)22)4-5-15(14)18-6-8-23-9-7-18/h4-5,10-12H,2-3,6-9H2,1H3,(H,17,20). The fourth-order valence-corrected chi connectivity index (χ4v) is 2.90. The third-order valence-electron chi connectivity index (χ3n) is 4.48. The van der Waals surface area contributed by atoms with E-state index in [1.54, 1.807) is 6.07 Å². The van der Waals surface area contributed by atoms with Crippen LogP contribution < -0.4 is 10.2 Å². The summed E-state index contributed by atoms with van der Waals surface area (Å²) >= 11 is 0. The summed E-state index contributed by atoms with van der Waals surface area (Å²) in [6, 6.07) is 4.59. The molecule has 7 nitrogen and oxygen atoms in total. The fourth-order valence-electron chi connectivity index (χ4n) is 2.90. The molecule has 1 aromatic rings.